The minimum atomic E-state index is 0.469. The van der Waals surface area contributed by atoms with Gasteiger partial charge in [0.2, 0.25) is 5.95 Å². The Labute approximate surface area is 365 Å². The highest BCUT2D eigenvalue weighted by Gasteiger charge is 2.30. The molecule has 5 heterocycles. The Balaban J connectivity index is 1.01. The zero-order valence-electron chi connectivity index (χ0n) is 34.7. The largest absolute Gasteiger partial charge is 0.457 e. The first-order valence-electron chi connectivity index (χ1n) is 21.1. The van der Waals surface area contributed by atoms with E-state index in [0.29, 0.717) is 34.9 Å². The van der Waals surface area contributed by atoms with Crippen LogP contribution in [0.1, 0.15) is 13.8 Å². The molecule has 9 heteroatoms. The normalized spacial score (nSPS) is 12.1. The number of nitrogens with zero attached hydrogens (tertiary/aromatic N) is 7. The second kappa shape index (κ2) is 15.9. The van der Waals surface area contributed by atoms with Crippen LogP contribution in [0.25, 0.3) is 50.3 Å². The van der Waals surface area contributed by atoms with Crippen LogP contribution < -0.4 is 19.3 Å². The second-order valence-electron chi connectivity index (χ2n) is 15.9. The van der Waals surface area contributed by atoms with Gasteiger partial charge in [0.05, 0.1) is 63.3 Å². The van der Waals surface area contributed by atoms with E-state index in [9.17, 15) is 0 Å². The van der Waals surface area contributed by atoms with Crippen molar-refractivity contribution >= 4 is 50.2 Å². The number of ether oxygens (including phenoxy) is 2. The summed E-state index contributed by atoms with van der Waals surface area (Å²) in [4.78, 5) is 24.0. The van der Waals surface area contributed by atoms with Crippen LogP contribution in [0.4, 0.5) is 28.4 Å². The molecule has 11 rings (SSSR count). The Morgan fingerprint density at radius 2 is 0.937 bits per heavy atom. The Bertz CT molecular complexity index is 3070. The van der Waals surface area contributed by atoms with Crippen molar-refractivity contribution in [3.8, 4) is 51.5 Å². The van der Waals surface area contributed by atoms with Gasteiger partial charge in [-0.3, -0.25) is 14.5 Å². The monoisotopic (exact) mass is 819 g/mol. The van der Waals surface area contributed by atoms with Crippen LogP contribution in [-0.4, -0.2) is 31.0 Å². The molecule has 0 unspecified atom stereocenters. The number of benzene rings is 6. The maximum absolute atomic E-state index is 6.56. The van der Waals surface area contributed by atoms with Crippen LogP contribution in [-0.2, 0) is 0 Å². The third-order valence-corrected chi connectivity index (χ3v) is 11.2. The van der Waals surface area contributed by atoms with Crippen LogP contribution in [0.3, 0.4) is 0 Å². The zero-order valence-corrected chi connectivity index (χ0v) is 34.7. The molecule has 63 heavy (non-hydrogen) atoms. The van der Waals surface area contributed by atoms with E-state index in [1.807, 2.05) is 109 Å². The van der Waals surface area contributed by atoms with Gasteiger partial charge in [0.15, 0.2) is 0 Å². The lowest BCUT2D eigenvalue weighted by Gasteiger charge is -2.40. The highest BCUT2D eigenvalue weighted by atomic mass is 16.5. The maximum atomic E-state index is 6.56. The van der Waals surface area contributed by atoms with Crippen molar-refractivity contribution in [1.82, 2.24) is 24.5 Å². The van der Waals surface area contributed by atoms with Crippen molar-refractivity contribution in [3.05, 3.63) is 195 Å². The van der Waals surface area contributed by atoms with Crippen molar-refractivity contribution in [1.29, 1.82) is 0 Å². The molecular weight excluding hydrogens is 779 g/mol. The molecule has 304 valence electrons. The Kier molecular flexibility index (Phi) is 9.54. The average molecular weight is 820 g/mol. The molecular formula is C54H41N7O2. The molecule has 1 aliphatic heterocycles. The van der Waals surface area contributed by atoms with Crippen LogP contribution in [0, 0.1) is 5.92 Å². The number of hydrogen-bond donors (Lipinski definition) is 0. The fourth-order valence-corrected chi connectivity index (χ4v) is 8.51. The van der Waals surface area contributed by atoms with E-state index in [4.69, 9.17) is 19.4 Å². The van der Waals surface area contributed by atoms with Crippen molar-refractivity contribution in [2.75, 3.05) is 16.3 Å². The van der Waals surface area contributed by atoms with Crippen molar-refractivity contribution in [2.24, 2.45) is 5.92 Å². The Morgan fingerprint density at radius 3 is 1.41 bits per heavy atom. The van der Waals surface area contributed by atoms with Gasteiger partial charge in [-0.2, -0.15) is 0 Å². The summed E-state index contributed by atoms with van der Waals surface area (Å²) < 4.78 is 15.2. The SMILES string of the molecule is CC(C)CN1c2ccccc2N(c2cnc(-n3c4cc(Oc5cccc(-c6ccccn6)c5)ccc4c4ccc(Oc5cccc(-c6ccccn6)c5)cc43)nc2)c2ccccc21. The Hall–Kier alpha value is -8.30. The molecule has 0 bridgehead atoms. The minimum absolute atomic E-state index is 0.469. The first-order valence-corrected chi connectivity index (χ1v) is 21.1. The smallest absolute Gasteiger partial charge is 0.234 e. The quantitative estimate of drug-likeness (QED) is 0.135. The highest BCUT2D eigenvalue weighted by Crippen LogP contribution is 2.51. The number of anilines is 5. The first-order chi connectivity index (χ1) is 31.0. The van der Waals surface area contributed by atoms with Gasteiger partial charge in [0.1, 0.15) is 23.0 Å². The summed E-state index contributed by atoms with van der Waals surface area (Å²) >= 11 is 0. The van der Waals surface area contributed by atoms with E-state index in [1.165, 1.54) is 0 Å². The van der Waals surface area contributed by atoms with E-state index in [2.05, 4.69) is 111 Å². The van der Waals surface area contributed by atoms with Crippen molar-refractivity contribution < 1.29 is 9.47 Å². The van der Waals surface area contributed by atoms with Crippen molar-refractivity contribution in [2.45, 2.75) is 13.8 Å². The number of pyridine rings is 2. The molecule has 0 radical (unpaired) electrons. The van der Waals surface area contributed by atoms with Crippen LogP contribution in [0.5, 0.6) is 23.0 Å². The fraction of sp³-hybridized carbons (Fsp3) is 0.0741. The predicted molar refractivity (Wildman–Crippen MR) is 252 cm³/mol. The standard InChI is InChI=1S/C54H41N7O2/c1-36(2)35-59-48-19-3-5-21-50(48)60(51-22-6-4-20-49(51)59)39-33-57-54(58-34-39)61-52-31-42(62-40-15-11-13-37(29-40)46-17-7-9-27-55-46)23-25-44(52)45-26-24-43(32-53(45)61)63-41-16-12-14-38(30-41)47-18-8-10-28-56-47/h3-34,36H,35H2,1-2H3. The molecule has 0 spiro atoms. The lowest BCUT2D eigenvalue weighted by molar-refractivity contribution is 0.483. The number of rotatable bonds is 10. The third kappa shape index (κ3) is 7.15. The highest BCUT2D eigenvalue weighted by molar-refractivity contribution is 6.10. The summed E-state index contributed by atoms with van der Waals surface area (Å²) in [5, 5.41) is 2.06. The molecule has 4 aromatic heterocycles. The first kappa shape index (κ1) is 37.7. The van der Waals surface area contributed by atoms with Gasteiger partial charge < -0.3 is 19.3 Å². The summed E-state index contributed by atoms with van der Waals surface area (Å²) in [6, 6.07) is 57.2. The zero-order chi connectivity index (χ0) is 42.3. The lowest BCUT2D eigenvalue weighted by atomic mass is 10.0. The van der Waals surface area contributed by atoms with E-state index >= 15 is 0 Å². The molecule has 0 amide bonds. The molecule has 10 aromatic rings. The van der Waals surface area contributed by atoms with Gasteiger partial charge in [-0.1, -0.05) is 74.5 Å². The fourth-order valence-electron chi connectivity index (χ4n) is 8.51. The molecule has 0 aliphatic carbocycles. The van der Waals surface area contributed by atoms with Gasteiger partial charge in [-0.15, -0.1) is 0 Å². The lowest BCUT2D eigenvalue weighted by Crippen LogP contribution is -2.30. The van der Waals surface area contributed by atoms with E-state index in [-0.39, 0.29) is 0 Å². The van der Waals surface area contributed by atoms with Crippen LogP contribution in [0.2, 0.25) is 0 Å². The molecule has 9 nitrogen and oxygen atoms in total. The second-order valence-corrected chi connectivity index (χ2v) is 15.9. The molecule has 0 saturated carbocycles. The van der Waals surface area contributed by atoms with E-state index in [1.54, 1.807) is 12.4 Å². The average Bonchev–Trinajstić information content (AvgIpc) is 3.65. The third-order valence-electron chi connectivity index (χ3n) is 11.2. The van der Waals surface area contributed by atoms with Gasteiger partial charge in [-0.25, -0.2) is 9.97 Å². The molecule has 0 N–H and O–H groups in total. The molecule has 0 saturated heterocycles. The van der Waals surface area contributed by atoms with Gasteiger partial charge in [-0.05, 0) is 103 Å². The minimum Gasteiger partial charge on any atom is -0.457 e. The summed E-state index contributed by atoms with van der Waals surface area (Å²) in [5.41, 5.74) is 10.8. The molecule has 0 fully saturated rings. The van der Waals surface area contributed by atoms with Gasteiger partial charge in [0.25, 0.3) is 0 Å². The number of fused-ring (bicyclic) bond motifs is 5. The maximum Gasteiger partial charge on any atom is 0.234 e. The summed E-state index contributed by atoms with van der Waals surface area (Å²) in [7, 11) is 0. The van der Waals surface area contributed by atoms with E-state index in [0.717, 1.165) is 79.3 Å². The summed E-state index contributed by atoms with van der Waals surface area (Å²) in [6.07, 6.45) is 7.43. The topological polar surface area (TPSA) is 81.4 Å². The number of aromatic nitrogens is 5. The predicted octanol–water partition coefficient (Wildman–Crippen LogP) is 13.9. The van der Waals surface area contributed by atoms with Crippen molar-refractivity contribution in [3.63, 3.8) is 0 Å². The molecule has 1 aliphatic rings. The number of para-hydroxylation sites is 4. The Morgan fingerprint density at radius 1 is 0.460 bits per heavy atom. The summed E-state index contributed by atoms with van der Waals surface area (Å²) in [5.74, 6) is 3.75. The number of hydrogen-bond acceptors (Lipinski definition) is 8. The molecule has 0 atom stereocenters. The van der Waals surface area contributed by atoms with Crippen LogP contribution in [0.15, 0.2) is 195 Å². The van der Waals surface area contributed by atoms with E-state index < -0.39 is 0 Å². The van der Waals surface area contributed by atoms with Crippen LogP contribution >= 0.6 is 0 Å². The van der Waals surface area contributed by atoms with Gasteiger partial charge in [0, 0.05) is 53.0 Å². The molecule has 6 aromatic carbocycles. The van der Waals surface area contributed by atoms with Gasteiger partial charge >= 0.3 is 0 Å². The summed E-state index contributed by atoms with van der Waals surface area (Å²) in [6.45, 7) is 5.41.